The number of ether oxygens (including phenoxy) is 1. The van der Waals surface area contributed by atoms with Crippen molar-refractivity contribution in [3.63, 3.8) is 0 Å². The van der Waals surface area contributed by atoms with Crippen LogP contribution in [0.4, 0.5) is 4.79 Å². The third-order valence-corrected chi connectivity index (χ3v) is 0.723. The van der Waals surface area contributed by atoms with Crippen LogP contribution < -0.4 is 0 Å². The van der Waals surface area contributed by atoms with Gasteiger partial charge in [0.15, 0.2) is 0 Å². The fourth-order valence-electron chi connectivity index (χ4n) is 0.304. The first-order valence-corrected chi connectivity index (χ1v) is 2.63. The molecule has 0 aliphatic rings. The molecule has 4 heteroatoms. The predicted octanol–water partition coefficient (Wildman–Crippen LogP) is 0.565. The van der Waals surface area contributed by atoms with E-state index in [2.05, 4.69) is 4.74 Å². The van der Waals surface area contributed by atoms with E-state index in [-0.39, 0.29) is 48.9 Å². The van der Waals surface area contributed by atoms with Crippen molar-refractivity contribution in [1.82, 2.24) is 0 Å². The number of carboxylic acid groups (broad SMARTS) is 1. The van der Waals surface area contributed by atoms with E-state index in [1.165, 1.54) is 0 Å². The molecule has 0 fully saturated rings. The zero-order valence-corrected chi connectivity index (χ0v) is 4.89. The maximum absolute atomic E-state index is 9.65. The summed E-state index contributed by atoms with van der Waals surface area (Å²) in [4.78, 5) is 9.65. The Morgan fingerprint density at radius 2 is 2.22 bits per heavy atom. The molecule has 0 saturated carbocycles. The second-order valence-electron chi connectivity index (χ2n) is 1.47. The number of hydrogen-bond acceptors (Lipinski definition) is 2. The van der Waals surface area contributed by atoms with E-state index < -0.39 is 6.16 Å². The Labute approximate surface area is 94.8 Å². The Morgan fingerprint density at radius 3 is 2.56 bits per heavy atom. The van der Waals surface area contributed by atoms with Gasteiger partial charge in [-0.15, -0.1) is 0 Å². The van der Waals surface area contributed by atoms with Crippen LogP contribution in [0.5, 0.6) is 0 Å². The average Bonchev–Trinajstić information content (AvgIpc) is 1.66. The Hall–Kier alpha value is 0.841. The van der Waals surface area contributed by atoms with Gasteiger partial charge in [-0.2, -0.15) is 0 Å². The summed E-state index contributed by atoms with van der Waals surface area (Å²) in [5.74, 6) is 0. The molecule has 0 aromatic heterocycles. The molecule has 0 aliphatic heterocycles. The van der Waals surface area contributed by atoms with E-state index in [0.717, 1.165) is 12.8 Å². The average molecular weight is 257 g/mol. The van der Waals surface area contributed by atoms with Crippen molar-refractivity contribution in [3.05, 3.63) is 0 Å². The fourth-order valence-corrected chi connectivity index (χ4v) is 0.304. The van der Waals surface area contributed by atoms with Crippen LogP contribution in [0.3, 0.4) is 0 Å². The van der Waals surface area contributed by atoms with Gasteiger partial charge in [0.05, 0.1) is 6.61 Å². The summed E-state index contributed by atoms with van der Waals surface area (Å²) in [6, 6.07) is 0. The van der Waals surface area contributed by atoms with E-state index in [9.17, 15) is 4.79 Å². The number of unbranched alkanes of at least 4 members (excludes halogenated alkanes) is 1. The van der Waals surface area contributed by atoms with Crippen LogP contribution in [0.2, 0.25) is 0 Å². The first-order chi connectivity index (χ1) is 3.77. The van der Waals surface area contributed by atoms with Crippen molar-refractivity contribution >= 4 is 55.0 Å². The molecular formula is C5H12BaO3. The molecule has 0 amide bonds. The molecule has 0 atom stereocenters. The normalized spacial score (nSPS) is 7.67. The van der Waals surface area contributed by atoms with E-state index >= 15 is 0 Å². The SMILES string of the molecule is CCCCOC(=O)O.[BaH2]. The topological polar surface area (TPSA) is 46.5 Å². The fraction of sp³-hybridized carbons (Fsp3) is 0.800. The van der Waals surface area contributed by atoms with Crippen molar-refractivity contribution in [2.45, 2.75) is 19.8 Å². The van der Waals surface area contributed by atoms with E-state index in [0.29, 0.717) is 6.61 Å². The molecule has 52 valence electrons. The molecule has 1 N–H and O–H groups in total. The Balaban J connectivity index is 0. The van der Waals surface area contributed by atoms with Crippen LogP contribution in [-0.4, -0.2) is 66.7 Å². The summed E-state index contributed by atoms with van der Waals surface area (Å²) in [6.07, 6.45) is 0.595. The monoisotopic (exact) mass is 258 g/mol. The summed E-state index contributed by atoms with van der Waals surface area (Å²) in [7, 11) is 0. The summed E-state index contributed by atoms with van der Waals surface area (Å²) < 4.78 is 4.20. The van der Waals surface area contributed by atoms with Gasteiger partial charge in [-0.3, -0.25) is 0 Å². The minimum absolute atomic E-state index is 0. The Kier molecular flexibility index (Phi) is 12.3. The van der Waals surface area contributed by atoms with Gasteiger partial charge >= 0.3 is 55.0 Å². The van der Waals surface area contributed by atoms with Crippen molar-refractivity contribution in [2.24, 2.45) is 0 Å². The first-order valence-electron chi connectivity index (χ1n) is 2.63. The zero-order chi connectivity index (χ0) is 6.41. The van der Waals surface area contributed by atoms with E-state index in [1.54, 1.807) is 0 Å². The van der Waals surface area contributed by atoms with Crippen LogP contribution in [0, 0.1) is 0 Å². The van der Waals surface area contributed by atoms with Gasteiger partial charge in [0.1, 0.15) is 0 Å². The van der Waals surface area contributed by atoms with Crippen molar-refractivity contribution < 1.29 is 14.6 Å². The maximum atomic E-state index is 9.65. The summed E-state index contributed by atoms with van der Waals surface area (Å²) in [6.45, 7) is 2.30. The second kappa shape index (κ2) is 8.84. The van der Waals surface area contributed by atoms with Crippen molar-refractivity contribution in [3.8, 4) is 0 Å². The van der Waals surface area contributed by atoms with Crippen molar-refractivity contribution in [2.75, 3.05) is 6.61 Å². The molecule has 0 aliphatic carbocycles. The van der Waals surface area contributed by atoms with Gasteiger partial charge in [0.25, 0.3) is 0 Å². The molecule has 0 radical (unpaired) electrons. The molecular weight excluding hydrogens is 245 g/mol. The van der Waals surface area contributed by atoms with Crippen molar-refractivity contribution in [1.29, 1.82) is 0 Å². The van der Waals surface area contributed by atoms with Gasteiger partial charge in [0.2, 0.25) is 0 Å². The molecule has 0 aromatic rings. The van der Waals surface area contributed by atoms with E-state index in [4.69, 9.17) is 5.11 Å². The van der Waals surface area contributed by atoms with Crippen LogP contribution in [0.25, 0.3) is 0 Å². The molecule has 0 bridgehead atoms. The molecule has 0 rings (SSSR count). The zero-order valence-electron chi connectivity index (χ0n) is 4.89. The number of carbonyl (C=O) groups is 1. The molecule has 0 heterocycles. The quantitative estimate of drug-likeness (QED) is 0.457. The Bertz CT molecular complexity index is 74.6. The standard InChI is InChI=1S/C5H10O3.Ba.2H/c1-2-3-4-8-5(6)7;;;/h2-4H2,1H3,(H,6,7);;;. The van der Waals surface area contributed by atoms with Gasteiger partial charge in [-0.25, -0.2) is 4.79 Å². The summed E-state index contributed by atoms with van der Waals surface area (Å²) >= 11 is 0. The van der Waals surface area contributed by atoms with Crippen LogP contribution in [-0.2, 0) is 4.74 Å². The van der Waals surface area contributed by atoms with Crippen LogP contribution >= 0.6 is 0 Å². The van der Waals surface area contributed by atoms with Gasteiger partial charge in [-0.05, 0) is 6.42 Å². The first kappa shape index (κ1) is 12.5. The van der Waals surface area contributed by atoms with Gasteiger partial charge in [0, 0.05) is 0 Å². The summed E-state index contributed by atoms with van der Waals surface area (Å²) in [5.41, 5.74) is 0. The number of rotatable bonds is 3. The van der Waals surface area contributed by atoms with Crippen LogP contribution in [0.15, 0.2) is 0 Å². The molecule has 3 nitrogen and oxygen atoms in total. The van der Waals surface area contributed by atoms with Gasteiger partial charge in [-0.1, -0.05) is 13.3 Å². The molecule has 0 spiro atoms. The van der Waals surface area contributed by atoms with Crippen LogP contribution in [0.1, 0.15) is 19.8 Å². The van der Waals surface area contributed by atoms with Gasteiger partial charge < -0.3 is 9.84 Å². The molecule has 9 heavy (non-hydrogen) atoms. The summed E-state index contributed by atoms with van der Waals surface area (Å²) in [5, 5.41) is 7.92. The molecule has 0 aromatic carbocycles. The predicted molar refractivity (Wildman–Crippen MR) is 37.4 cm³/mol. The third kappa shape index (κ3) is 12.1. The molecule has 0 unspecified atom stereocenters. The number of hydrogen-bond donors (Lipinski definition) is 1. The molecule has 0 saturated heterocycles. The van der Waals surface area contributed by atoms with E-state index in [1.807, 2.05) is 6.92 Å². The Morgan fingerprint density at radius 1 is 1.67 bits per heavy atom. The second-order valence-corrected chi connectivity index (χ2v) is 1.47. The third-order valence-electron chi connectivity index (χ3n) is 0.723. The minimum atomic E-state index is -1.18.